The first kappa shape index (κ1) is 10.2. The van der Waals surface area contributed by atoms with Gasteiger partial charge in [-0.3, -0.25) is 0 Å². The number of aryl methyl sites for hydroxylation is 2. The maximum atomic E-state index is 5.61. The summed E-state index contributed by atoms with van der Waals surface area (Å²) in [5, 5.41) is 0. The zero-order valence-corrected chi connectivity index (χ0v) is 8.38. The van der Waals surface area contributed by atoms with Crippen LogP contribution in [-0.4, -0.2) is 0 Å². The number of benzene rings is 1. The molecule has 0 fully saturated rings. The minimum absolute atomic E-state index is 0.351. The molecule has 0 saturated heterocycles. The van der Waals surface area contributed by atoms with Crippen LogP contribution < -0.4 is 11.5 Å². The Morgan fingerprint density at radius 3 is 2.15 bits per heavy atom. The molecule has 2 heteroatoms. The van der Waals surface area contributed by atoms with Gasteiger partial charge < -0.3 is 11.5 Å². The molecule has 72 valence electrons. The van der Waals surface area contributed by atoms with Gasteiger partial charge >= 0.3 is 0 Å². The maximum Gasteiger partial charge on any atom is 0.0784 e. The lowest BCUT2D eigenvalue weighted by atomic mass is 9.99. The van der Waals surface area contributed by atoms with Gasteiger partial charge in [0.15, 0.2) is 0 Å². The van der Waals surface area contributed by atoms with Crippen molar-refractivity contribution < 1.29 is 0 Å². The Morgan fingerprint density at radius 1 is 1.08 bits per heavy atom. The second-order valence-corrected chi connectivity index (χ2v) is 3.26. The van der Waals surface area contributed by atoms with Crippen molar-refractivity contribution in [3.63, 3.8) is 0 Å². The highest BCUT2D eigenvalue weighted by molar-refractivity contribution is 5.33. The van der Waals surface area contributed by atoms with E-state index < -0.39 is 0 Å². The van der Waals surface area contributed by atoms with Gasteiger partial charge in [-0.1, -0.05) is 32.0 Å². The molecule has 0 aliphatic rings. The van der Waals surface area contributed by atoms with Crippen LogP contribution in [0.25, 0.3) is 0 Å². The predicted octanol–water partition coefficient (Wildman–Crippen LogP) is 1.73. The van der Waals surface area contributed by atoms with E-state index >= 15 is 0 Å². The van der Waals surface area contributed by atoms with Crippen LogP contribution in [0.2, 0.25) is 0 Å². The summed E-state index contributed by atoms with van der Waals surface area (Å²) in [5.41, 5.74) is 15.0. The number of hydrogen-bond donors (Lipinski definition) is 2. The van der Waals surface area contributed by atoms with Gasteiger partial charge in [0.05, 0.1) is 6.17 Å². The normalized spacial score (nSPS) is 10.8. The molecule has 0 aliphatic heterocycles. The van der Waals surface area contributed by atoms with Gasteiger partial charge in [-0.2, -0.15) is 0 Å². The lowest BCUT2D eigenvalue weighted by molar-refractivity contribution is 0.770. The molecule has 0 bridgehead atoms. The molecular formula is C11H18N2. The van der Waals surface area contributed by atoms with Crippen LogP contribution in [0, 0.1) is 0 Å². The molecule has 0 heterocycles. The highest BCUT2D eigenvalue weighted by Crippen LogP contribution is 2.15. The van der Waals surface area contributed by atoms with Crippen LogP contribution in [0.15, 0.2) is 18.2 Å². The van der Waals surface area contributed by atoms with Gasteiger partial charge in [0, 0.05) is 0 Å². The predicted molar refractivity (Wildman–Crippen MR) is 56.3 cm³/mol. The molecule has 0 radical (unpaired) electrons. The summed E-state index contributed by atoms with van der Waals surface area (Å²) in [7, 11) is 0. The van der Waals surface area contributed by atoms with Crippen molar-refractivity contribution in [1.29, 1.82) is 0 Å². The minimum atomic E-state index is -0.351. The van der Waals surface area contributed by atoms with Crippen molar-refractivity contribution >= 4 is 0 Å². The van der Waals surface area contributed by atoms with Gasteiger partial charge in [-0.05, 0) is 29.5 Å². The minimum Gasteiger partial charge on any atom is -0.312 e. The highest BCUT2D eigenvalue weighted by Gasteiger charge is 2.03. The Hall–Kier alpha value is -0.860. The lowest BCUT2D eigenvalue weighted by Crippen LogP contribution is -2.20. The zero-order valence-electron chi connectivity index (χ0n) is 8.38. The Morgan fingerprint density at radius 2 is 1.69 bits per heavy atom. The summed E-state index contributed by atoms with van der Waals surface area (Å²) in [6, 6.07) is 6.26. The fourth-order valence-corrected chi connectivity index (χ4v) is 1.53. The van der Waals surface area contributed by atoms with E-state index in [0.29, 0.717) is 0 Å². The summed E-state index contributed by atoms with van der Waals surface area (Å²) in [4.78, 5) is 0. The average Bonchev–Trinajstić information content (AvgIpc) is 2.16. The van der Waals surface area contributed by atoms with Crippen molar-refractivity contribution in [2.45, 2.75) is 32.9 Å². The monoisotopic (exact) mass is 178 g/mol. The van der Waals surface area contributed by atoms with Gasteiger partial charge in [0.2, 0.25) is 0 Å². The van der Waals surface area contributed by atoms with Crippen LogP contribution in [0.1, 0.15) is 36.7 Å². The first-order valence-corrected chi connectivity index (χ1v) is 4.81. The second-order valence-electron chi connectivity index (χ2n) is 3.26. The summed E-state index contributed by atoms with van der Waals surface area (Å²) in [5.74, 6) is 0. The van der Waals surface area contributed by atoms with E-state index in [9.17, 15) is 0 Å². The highest BCUT2D eigenvalue weighted by atomic mass is 14.8. The smallest absolute Gasteiger partial charge is 0.0784 e. The average molecular weight is 178 g/mol. The first-order valence-electron chi connectivity index (χ1n) is 4.81. The summed E-state index contributed by atoms with van der Waals surface area (Å²) in [6.45, 7) is 4.32. The van der Waals surface area contributed by atoms with Gasteiger partial charge in [-0.15, -0.1) is 0 Å². The number of hydrogen-bond acceptors (Lipinski definition) is 2. The van der Waals surface area contributed by atoms with Crippen molar-refractivity contribution in [3.8, 4) is 0 Å². The van der Waals surface area contributed by atoms with Gasteiger partial charge in [0.25, 0.3) is 0 Å². The second kappa shape index (κ2) is 4.40. The SMILES string of the molecule is CCc1ccc(C(N)N)cc1CC. The molecule has 1 aromatic carbocycles. The molecule has 0 amide bonds. The molecule has 0 aromatic heterocycles. The zero-order chi connectivity index (χ0) is 9.84. The molecule has 2 nitrogen and oxygen atoms in total. The Bertz CT molecular complexity index is 279. The summed E-state index contributed by atoms with van der Waals surface area (Å²) in [6.07, 6.45) is 1.77. The fourth-order valence-electron chi connectivity index (χ4n) is 1.53. The molecule has 4 N–H and O–H groups in total. The van der Waals surface area contributed by atoms with Crippen LogP contribution in [-0.2, 0) is 12.8 Å². The lowest BCUT2D eigenvalue weighted by Gasteiger charge is -2.11. The van der Waals surface area contributed by atoms with E-state index in [-0.39, 0.29) is 6.17 Å². The van der Waals surface area contributed by atoms with E-state index in [4.69, 9.17) is 11.5 Å². The van der Waals surface area contributed by atoms with Crippen LogP contribution in [0.5, 0.6) is 0 Å². The Kier molecular flexibility index (Phi) is 3.46. The third-order valence-corrected chi connectivity index (χ3v) is 2.38. The molecule has 0 unspecified atom stereocenters. The van der Waals surface area contributed by atoms with Crippen molar-refractivity contribution in [3.05, 3.63) is 34.9 Å². The van der Waals surface area contributed by atoms with Crippen molar-refractivity contribution in [2.75, 3.05) is 0 Å². The first-order chi connectivity index (χ1) is 6.19. The third-order valence-electron chi connectivity index (χ3n) is 2.38. The van der Waals surface area contributed by atoms with Gasteiger partial charge in [-0.25, -0.2) is 0 Å². The standard InChI is InChI=1S/C11H18N2/c1-3-8-5-6-10(11(12)13)7-9(8)4-2/h5-7,11H,3-4,12-13H2,1-2H3. The van der Waals surface area contributed by atoms with E-state index in [0.717, 1.165) is 18.4 Å². The van der Waals surface area contributed by atoms with E-state index in [1.165, 1.54) is 11.1 Å². The van der Waals surface area contributed by atoms with Crippen LogP contribution in [0.3, 0.4) is 0 Å². The molecule has 0 spiro atoms. The largest absolute Gasteiger partial charge is 0.312 e. The van der Waals surface area contributed by atoms with Crippen molar-refractivity contribution in [1.82, 2.24) is 0 Å². The molecule has 1 rings (SSSR count). The van der Waals surface area contributed by atoms with Gasteiger partial charge in [0.1, 0.15) is 0 Å². The molecule has 0 atom stereocenters. The number of nitrogens with two attached hydrogens (primary N) is 2. The van der Waals surface area contributed by atoms with Crippen molar-refractivity contribution in [2.24, 2.45) is 11.5 Å². The summed E-state index contributed by atoms with van der Waals surface area (Å²) < 4.78 is 0. The Balaban J connectivity index is 3.05. The fraction of sp³-hybridized carbons (Fsp3) is 0.455. The van der Waals surface area contributed by atoms with Crippen LogP contribution >= 0.6 is 0 Å². The van der Waals surface area contributed by atoms with E-state index in [2.05, 4.69) is 26.0 Å². The maximum absolute atomic E-state index is 5.61. The van der Waals surface area contributed by atoms with E-state index in [1.54, 1.807) is 0 Å². The number of rotatable bonds is 3. The molecule has 0 saturated carbocycles. The molecule has 13 heavy (non-hydrogen) atoms. The topological polar surface area (TPSA) is 52.0 Å². The van der Waals surface area contributed by atoms with Crippen LogP contribution in [0.4, 0.5) is 0 Å². The summed E-state index contributed by atoms with van der Waals surface area (Å²) >= 11 is 0. The Labute approximate surface area is 79.9 Å². The molecular weight excluding hydrogens is 160 g/mol. The quantitative estimate of drug-likeness (QED) is 0.692. The molecule has 1 aromatic rings. The molecule has 0 aliphatic carbocycles. The van der Waals surface area contributed by atoms with E-state index in [1.807, 2.05) is 6.07 Å². The third kappa shape index (κ3) is 2.29.